The van der Waals surface area contributed by atoms with Crippen molar-refractivity contribution in [3.05, 3.63) is 0 Å². The molecule has 0 heterocycles. The number of hydrogen-bond donors (Lipinski definition) is 0. The molecule has 0 radical (unpaired) electrons. The molecule has 1 heteroatoms. The number of hydrogen-bond acceptors (Lipinski definition) is 0. The highest BCUT2D eigenvalue weighted by molar-refractivity contribution is 6.24. The van der Waals surface area contributed by atoms with Gasteiger partial charge >= 0.3 is 0 Å². The predicted octanol–water partition coefficient (Wildman–Crippen LogP) is 3.44. The summed E-state index contributed by atoms with van der Waals surface area (Å²) in [6, 6.07) is 0. The SMILES string of the molecule is CC1(C)CC2CC1CC2(C)Cl. The zero-order valence-corrected chi connectivity index (χ0v) is 8.41. The van der Waals surface area contributed by atoms with Crippen molar-refractivity contribution in [2.75, 3.05) is 0 Å². The molecule has 0 N–H and O–H groups in total. The lowest BCUT2D eigenvalue weighted by Crippen LogP contribution is -2.32. The summed E-state index contributed by atoms with van der Waals surface area (Å²) in [5.74, 6) is 1.69. The van der Waals surface area contributed by atoms with Gasteiger partial charge in [0.1, 0.15) is 0 Å². The van der Waals surface area contributed by atoms with Gasteiger partial charge in [-0.2, -0.15) is 0 Å². The van der Waals surface area contributed by atoms with E-state index in [1.807, 2.05) is 0 Å². The number of rotatable bonds is 0. The van der Waals surface area contributed by atoms with E-state index in [4.69, 9.17) is 11.6 Å². The van der Waals surface area contributed by atoms with Crippen LogP contribution in [0.3, 0.4) is 0 Å². The third-order valence-corrected chi connectivity index (χ3v) is 4.41. The van der Waals surface area contributed by atoms with Crippen LogP contribution in [0.4, 0.5) is 0 Å². The molecule has 0 spiro atoms. The lowest BCUT2D eigenvalue weighted by Gasteiger charge is -2.36. The summed E-state index contributed by atoms with van der Waals surface area (Å²) in [6.07, 6.45) is 3.97. The minimum atomic E-state index is 0.139. The Hall–Kier alpha value is 0.290. The average molecular weight is 173 g/mol. The normalized spacial score (nSPS) is 53.5. The van der Waals surface area contributed by atoms with Crippen LogP contribution in [0.1, 0.15) is 40.0 Å². The number of alkyl halides is 1. The highest BCUT2D eigenvalue weighted by Crippen LogP contribution is 2.61. The Labute approximate surface area is 74.3 Å². The Balaban J connectivity index is 2.21. The van der Waals surface area contributed by atoms with E-state index in [0.29, 0.717) is 5.41 Å². The van der Waals surface area contributed by atoms with Crippen molar-refractivity contribution >= 4 is 11.6 Å². The van der Waals surface area contributed by atoms with Crippen LogP contribution in [0.5, 0.6) is 0 Å². The molecule has 0 nitrogen and oxygen atoms in total. The van der Waals surface area contributed by atoms with Gasteiger partial charge in [0.15, 0.2) is 0 Å². The van der Waals surface area contributed by atoms with Gasteiger partial charge in [0.25, 0.3) is 0 Å². The molecule has 0 amide bonds. The van der Waals surface area contributed by atoms with Gasteiger partial charge in [-0.15, -0.1) is 11.6 Å². The van der Waals surface area contributed by atoms with Crippen LogP contribution in [0.2, 0.25) is 0 Å². The molecule has 2 aliphatic carbocycles. The van der Waals surface area contributed by atoms with Crippen LogP contribution in [0, 0.1) is 17.3 Å². The van der Waals surface area contributed by atoms with Crippen LogP contribution < -0.4 is 0 Å². The Bertz CT molecular complexity index is 161. The maximum atomic E-state index is 6.39. The molecule has 0 aromatic carbocycles. The molecule has 2 aliphatic rings. The summed E-state index contributed by atoms with van der Waals surface area (Å²) >= 11 is 6.39. The van der Waals surface area contributed by atoms with Crippen LogP contribution >= 0.6 is 11.6 Å². The van der Waals surface area contributed by atoms with Crippen molar-refractivity contribution in [1.29, 1.82) is 0 Å². The van der Waals surface area contributed by atoms with Crippen LogP contribution in [-0.4, -0.2) is 4.87 Å². The van der Waals surface area contributed by atoms with Crippen LogP contribution in [-0.2, 0) is 0 Å². The number of halogens is 1. The highest BCUT2D eigenvalue weighted by atomic mass is 35.5. The van der Waals surface area contributed by atoms with Crippen molar-refractivity contribution in [1.82, 2.24) is 0 Å². The minimum Gasteiger partial charge on any atom is -0.119 e. The smallest absolute Gasteiger partial charge is 0.0450 e. The van der Waals surface area contributed by atoms with E-state index >= 15 is 0 Å². The van der Waals surface area contributed by atoms with Gasteiger partial charge in [-0.05, 0) is 43.4 Å². The summed E-state index contributed by atoms with van der Waals surface area (Å²) < 4.78 is 0. The van der Waals surface area contributed by atoms with E-state index in [0.717, 1.165) is 11.8 Å². The molecule has 2 bridgehead atoms. The molecular weight excluding hydrogens is 156 g/mol. The maximum Gasteiger partial charge on any atom is 0.0450 e. The quantitative estimate of drug-likeness (QED) is 0.491. The van der Waals surface area contributed by atoms with Crippen molar-refractivity contribution < 1.29 is 0 Å². The lowest BCUT2D eigenvalue weighted by molar-refractivity contribution is 0.192. The number of fused-ring (bicyclic) bond motifs is 2. The highest BCUT2D eigenvalue weighted by Gasteiger charge is 2.54. The van der Waals surface area contributed by atoms with Crippen LogP contribution in [0.15, 0.2) is 0 Å². The minimum absolute atomic E-state index is 0.139. The first kappa shape index (κ1) is 7.91. The molecular formula is C10H17Cl. The van der Waals surface area contributed by atoms with Gasteiger partial charge in [0.2, 0.25) is 0 Å². The van der Waals surface area contributed by atoms with Crippen molar-refractivity contribution in [2.24, 2.45) is 17.3 Å². The fraction of sp³-hybridized carbons (Fsp3) is 1.00. The van der Waals surface area contributed by atoms with E-state index < -0.39 is 0 Å². The molecule has 0 saturated heterocycles. The van der Waals surface area contributed by atoms with Gasteiger partial charge in [0.05, 0.1) is 0 Å². The summed E-state index contributed by atoms with van der Waals surface area (Å²) in [4.78, 5) is 0.139. The standard InChI is InChI=1S/C10H17Cl/c1-9(2)5-8-4-7(9)6-10(8,3)11/h7-8H,4-6H2,1-3H3. The molecule has 0 aromatic rings. The van der Waals surface area contributed by atoms with E-state index in [2.05, 4.69) is 20.8 Å². The molecule has 0 aromatic heterocycles. The fourth-order valence-electron chi connectivity index (χ4n) is 3.01. The van der Waals surface area contributed by atoms with Crippen molar-refractivity contribution in [3.63, 3.8) is 0 Å². The summed E-state index contributed by atoms with van der Waals surface area (Å²) in [6.45, 7) is 7.00. The first-order chi connectivity index (χ1) is 4.92. The predicted molar refractivity (Wildman–Crippen MR) is 48.9 cm³/mol. The van der Waals surface area contributed by atoms with Crippen LogP contribution in [0.25, 0.3) is 0 Å². The van der Waals surface area contributed by atoms with Gasteiger partial charge in [-0.1, -0.05) is 13.8 Å². The Morgan fingerprint density at radius 1 is 1.09 bits per heavy atom. The molecule has 0 aliphatic heterocycles. The maximum absolute atomic E-state index is 6.39. The second-order valence-corrected chi connectivity index (χ2v) is 6.17. The molecule has 64 valence electrons. The lowest BCUT2D eigenvalue weighted by atomic mass is 9.73. The van der Waals surface area contributed by atoms with E-state index in [-0.39, 0.29) is 4.87 Å². The zero-order valence-electron chi connectivity index (χ0n) is 7.65. The monoisotopic (exact) mass is 172 g/mol. The van der Waals surface area contributed by atoms with E-state index in [1.54, 1.807) is 0 Å². The second kappa shape index (κ2) is 1.96. The van der Waals surface area contributed by atoms with E-state index in [9.17, 15) is 0 Å². The van der Waals surface area contributed by atoms with Crippen molar-refractivity contribution in [2.45, 2.75) is 44.9 Å². The van der Waals surface area contributed by atoms with Gasteiger partial charge < -0.3 is 0 Å². The molecule has 3 unspecified atom stereocenters. The Morgan fingerprint density at radius 2 is 1.73 bits per heavy atom. The zero-order chi connectivity index (χ0) is 8.28. The molecule has 2 saturated carbocycles. The summed E-state index contributed by atoms with van der Waals surface area (Å²) in [5.41, 5.74) is 0.582. The van der Waals surface area contributed by atoms with Gasteiger partial charge in [0, 0.05) is 4.87 Å². The summed E-state index contributed by atoms with van der Waals surface area (Å²) in [7, 11) is 0. The topological polar surface area (TPSA) is 0 Å². The fourth-order valence-corrected chi connectivity index (χ4v) is 3.37. The van der Waals surface area contributed by atoms with Gasteiger partial charge in [-0.25, -0.2) is 0 Å². The Kier molecular flexibility index (Phi) is 1.41. The van der Waals surface area contributed by atoms with Gasteiger partial charge in [-0.3, -0.25) is 0 Å². The Morgan fingerprint density at radius 3 is 2.00 bits per heavy atom. The molecule has 2 fully saturated rings. The molecule has 3 atom stereocenters. The first-order valence-corrected chi connectivity index (χ1v) is 4.98. The average Bonchev–Trinajstić information content (AvgIpc) is 2.18. The first-order valence-electron chi connectivity index (χ1n) is 4.61. The van der Waals surface area contributed by atoms with Crippen molar-refractivity contribution in [3.8, 4) is 0 Å². The second-order valence-electron chi connectivity index (χ2n) is 5.30. The molecule has 2 rings (SSSR count). The third-order valence-electron chi connectivity index (χ3n) is 3.94. The third kappa shape index (κ3) is 1.02. The van der Waals surface area contributed by atoms with E-state index in [1.165, 1.54) is 19.3 Å². The largest absolute Gasteiger partial charge is 0.119 e. The summed E-state index contributed by atoms with van der Waals surface area (Å²) in [5, 5.41) is 0. The molecule has 11 heavy (non-hydrogen) atoms.